The number of hydrogen-bond donors (Lipinski definition) is 0. The van der Waals surface area contributed by atoms with Gasteiger partial charge in [-0.25, -0.2) is 17.6 Å². The quantitative estimate of drug-likeness (QED) is 0.265. The first-order valence-corrected chi connectivity index (χ1v) is 5.80. The third-order valence-corrected chi connectivity index (χ3v) is 2.50. The van der Waals surface area contributed by atoms with Crippen LogP contribution in [0.2, 0.25) is 0 Å². The van der Waals surface area contributed by atoms with E-state index in [9.17, 15) is 17.6 Å². The highest BCUT2D eigenvalue weighted by Crippen LogP contribution is 2.33. The van der Waals surface area contributed by atoms with Gasteiger partial charge in [0.05, 0.1) is 5.56 Å². The first-order chi connectivity index (χ1) is 8.93. The van der Waals surface area contributed by atoms with E-state index in [1.165, 1.54) is 13.8 Å². The molecule has 0 aliphatic rings. The molecule has 0 saturated carbocycles. The van der Waals surface area contributed by atoms with Crippen LogP contribution in [-0.2, 0) is 19.9 Å². The van der Waals surface area contributed by atoms with E-state index in [1.807, 2.05) is 0 Å². The first kappa shape index (κ1) is 16.1. The Hall–Kier alpha value is -0.963. The second-order valence-electron chi connectivity index (χ2n) is 3.37. The third-order valence-electron chi connectivity index (χ3n) is 2.24. The van der Waals surface area contributed by atoms with Gasteiger partial charge in [-0.2, -0.15) is 0 Å². The molecule has 0 spiro atoms. The van der Waals surface area contributed by atoms with Gasteiger partial charge in [0.15, 0.2) is 23.3 Å². The predicted octanol–water partition coefficient (Wildman–Crippen LogP) is 2.53. The van der Waals surface area contributed by atoms with Gasteiger partial charge in [-0.3, -0.25) is 0 Å². The Bertz CT molecular complexity index is 450. The van der Waals surface area contributed by atoms with Crippen LogP contribution >= 0.6 is 0 Å². The summed E-state index contributed by atoms with van der Waals surface area (Å²) >= 11 is 0. The van der Waals surface area contributed by atoms with Crippen molar-refractivity contribution < 1.29 is 31.5 Å². The number of benzene rings is 1. The van der Waals surface area contributed by atoms with Crippen molar-refractivity contribution in [1.29, 1.82) is 0 Å². The van der Waals surface area contributed by atoms with E-state index in [0.717, 1.165) is 0 Å². The van der Waals surface area contributed by atoms with E-state index < -0.39 is 34.8 Å². The third kappa shape index (κ3) is 2.97. The highest BCUT2D eigenvalue weighted by molar-refractivity contribution is 5.98. The maximum absolute atomic E-state index is 13.7. The molecule has 1 aromatic carbocycles. The molecule has 0 N–H and O–H groups in total. The summed E-state index contributed by atoms with van der Waals surface area (Å²) in [5.41, 5.74) is -0.748. The lowest BCUT2D eigenvalue weighted by atomic mass is 10.1. The topological polar surface area (TPSA) is 27.7 Å². The van der Waals surface area contributed by atoms with Crippen molar-refractivity contribution in [3.8, 4) is 0 Å². The average molecular weight is 295 g/mol. The summed E-state index contributed by atoms with van der Waals surface area (Å²) < 4.78 is 67.9. The van der Waals surface area contributed by atoms with E-state index in [4.69, 9.17) is 13.9 Å². The molecule has 0 atom stereocenters. The minimum atomic E-state index is -2.21. The fourth-order valence-electron chi connectivity index (χ4n) is 1.49. The Morgan fingerprint density at radius 3 is 1.95 bits per heavy atom. The molecule has 105 valence electrons. The number of rotatable bonds is 6. The highest BCUT2D eigenvalue weighted by atomic mass is 28.2. The van der Waals surface area contributed by atoms with Crippen LogP contribution in [0.4, 0.5) is 17.6 Å². The monoisotopic (exact) mass is 295 g/mol. The lowest BCUT2D eigenvalue weighted by Gasteiger charge is -2.32. The van der Waals surface area contributed by atoms with Gasteiger partial charge < -0.3 is 13.9 Å². The summed E-state index contributed by atoms with van der Waals surface area (Å²) in [6.45, 7) is 3.05. The fourth-order valence-corrected chi connectivity index (χ4v) is 1.71. The second-order valence-corrected chi connectivity index (χ2v) is 3.58. The molecule has 0 aliphatic heterocycles. The van der Waals surface area contributed by atoms with Crippen molar-refractivity contribution in [2.75, 3.05) is 13.2 Å². The predicted molar refractivity (Wildman–Crippen MR) is 58.0 cm³/mol. The van der Waals surface area contributed by atoms with Crippen molar-refractivity contribution >= 4 is 10.5 Å². The van der Waals surface area contributed by atoms with E-state index >= 15 is 0 Å². The van der Waals surface area contributed by atoms with Gasteiger partial charge in [0.25, 0.3) is 10.5 Å². The van der Waals surface area contributed by atoms with Crippen molar-refractivity contribution in [3.05, 3.63) is 34.9 Å². The zero-order valence-electron chi connectivity index (χ0n) is 10.2. The van der Waals surface area contributed by atoms with E-state index in [2.05, 4.69) is 10.5 Å². The average Bonchev–Trinajstić information content (AvgIpc) is 2.40. The van der Waals surface area contributed by atoms with Crippen molar-refractivity contribution in [2.24, 2.45) is 0 Å². The lowest BCUT2D eigenvalue weighted by molar-refractivity contribution is -0.354. The molecule has 0 bridgehead atoms. The maximum atomic E-state index is 13.7. The largest absolute Gasteiger partial charge is 0.367 e. The molecular weight excluding hydrogens is 284 g/mol. The van der Waals surface area contributed by atoms with E-state index in [1.54, 1.807) is 0 Å². The Labute approximate surface area is 111 Å². The molecule has 0 amide bonds. The molecule has 19 heavy (non-hydrogen) atoms. The summed E-state index contributed by atoms with van der Waals surface area (Å²) in [4.78, 5) is 0. The first-order valence-electron chi connectivity index (χ1n) is 5.39. The van der Waals surface area contributed by atoms with Crippen LogP contribution in [0.3, 0.4) is 0 Å². The van der Waals surface area contributed by atoms with Gasteiger partial charge in [0, 0.05) is 13.2 Å². The molecule has 0 saturated heterocycles. The second kappa shape index (κ2) is 6.46. The summed E-state index contributed by atoms with van der Waals surface area (Å²) in [5.74, 6) is -9.33. The molecule has 3 radical (unpaired) electrons. The molecule has 8 heteroatoms. The minimum absolute atomic E-state index is 0.00939. The van der Waals surface area contributed by atoms with Gasteiger partial charge in [0.1, 0.15) is 0 Å². The molecular formula is C11H11F4O3Si. The zero-order valence-corrected chi connectivity index (χ0v) is 11.2. The summed E-state index contributed by atoms with van der Waals surface area (Å²) in [6, 6.07) is 0.416. The van der Waals surface area contributed by atoms with Gasteiger partial charge in [0.2, 0.25) is 0 Å². The van der Waals surface area contributed by atoms with E-state index in [0.29, 0.717) is 6.07 Å². The molecule has 0 fully saturated rings. The van der Waals surface area contributed by atoms with Crippen molar-refractivity contribution in [2.45, 2.75) is 19.8 Å². The van der Waals surface area contributed by atoms with Gasteiger partial charge >= 0.3 is 5.97 Å². The molecule has 0 aliphatic carbocycles. The number of ether oxygens (including phenoxy) is 2. The fraction of sp³-hybridized carbons (Fsp3) is 0.455. The van der Waals surface area contributed by atoms with Crippen LogP contribution in [0.1, 0.15) is 19.4 Å². The number of halogens is 4. The SMILES string of the molecule is CCOC(O[Si])(OCC)c1cc(F)c(F)c(F)c1F. The van der Waals surface area contributed by atoms with Crippen LogP contribution in [-0.4, -0.2) is 23.7 Å². The summed E-state index contributed by atoms with van der Waals surface area (Å²) in [7, 11) is 2.61. The van der Waals surface area contributed by atoms with Gasteiger partial charge in [-0.05, 0) is 19.9 Å². The Morgan fingerprint density at radius 2 is 1.53 bits per heavy atom. The molecule has 3 nitrogen and oxygen atoms in total. The normalized spacial score (nSPS) is 11.9. The molecule has 0 heterocycles. The van der Waals surface area contributed by atoms with Crippen molar-refractivity contribution in [3.63, 3.8) is 0 Å². The molecule has 0 unspecified atom stereocenters. The summed E-state index contributed by atoms with van der Waals surface area (Å²) in [6.07, 6.45) is 0. The smallest absolute Gasteiger partial charge is 0.305 e. The van der Waals surface area contributed by atoms with Crippen LogP contribution < -0.4 is 0 Å². The Balaban J connectivity index is 3.45. The number of hydrogen-bond acceptors (Lipinski definition) is 3. The molecule has 0 aromatic heterocycles. The Kier molecular flexibility index (Phi) is 5.47. The zero-order chi connectivity index (χ0) is 14.6. The van der Waals surface area contributed by atoms with Crippen molar-refractivity contribution in [1.82, 2.24) is 0 Å². The molecule has 1 aromatic rings. The maximum Gasteiger partial charge on any atom is 0.305 e. The van der Waals surface area contributed by atoms with Gasteiger partial charge in [-0.15, -0.1) is 0 Å². The lowest BCUT2D eigenvalue weighted by Crippen LogP contribution is -2.37. The minimum Gasteiger partial charge on any atom is -0.367 e. The summed E-state index contributed by atoms with van der Waals surface area (Å²) in [5, 5.41) is 0. The highest BCUT2D eigenvalue weighted by Gasteiger charge is 2.39. The Morgan fingerprint density at radius 1 is 1.00 bits per heavy atom. The van der Waals surface area contributed by atoms with E-state index in [-0.39, 0.29) is 13.2 Å². The van der Waals surface area contributed by atoms with Crippen LogP contribution in [0.5, 0.6) is 0 Å². The van der Waals surface area contributed by atoms with Crippen LogP contribution in [0.15, 0.2) is 6.07 Å². The molecule has 1 rings (SSSR count). The van der Waals surface area contributed by atoms with Crippen LogP contribution in [0.25, 0.3) is 0 Å². The van der Waals surface area contributed by atoms with Crippen LogP contribution in [0, 0.1) is 23.3 Å². The van der Waals surface area contributed by atoms with Gasteiger partial charge in [-0.1, -0.05) is 0 Å². The standard InChI is InChI=1S/C11H11F4O3Si/c1-3-16-11(18-19,17-4-2)6-5-7(12)9(14)10(15)8(6)13/h5H,3-4H2,1-2H3.